The number of nitrogens with zero attached hydrogens (tertiary/aromatic N) is 3. The van der Waals surface area contributed by atoms with Crippen LogP contribution in [-0.4, -0.2) is 47.7 Å². The Balaban J connectivity index is 1.53. The first-order valence-electron chi connectivity index (χ1n) is 11.2. The number of hydrogen-bond acceptors (Lipinski definition) is 6. The molecule has 0 unspecified atom stereocenters. The largest absolute Gasteiger partial charge is 0.428 e. The predicted octanol–water partition coefficient (Wildman–Crippen LogP) is 4.10. The molecule has 1 aliphatic heterocycles. The first kappa shape index (κ1) is 20.5. The summed E-state index contributed by atoms with van der Waals surface area (Å²) in [5.74, 6) is 8.16. The molecule has 6 nitrogen and oxygen atoms in total. The number of anilines is 1. The molecule has 1 saturated heterocycles. The molecule has 1 aromatic heterocycles. The number of aromatic nitrogens is 2. The molecule has 162 valence electrons. The van der Waals surface area contributed by atoms with Gasteiger partial charge < -0.3 is 15.0 Å². The SMILES string of the molecule is CN1CCC[C@@H](Nc2nnc(-c3ccc(C#CC4CC4)cc3OC=O)c3ccccc23)C1. The van der Waals surface area contributed by atoms with E-state index < -0.39 is 0 Å². The number of ether oxygens (including phenoxy) is 1. The van der Waals surface area contributed by atoms with Crippen molar-refractivity contribution < 1.29 is 9.53 Å². The molecule has 2 fully saturated rings. The molecule has 0 bridgehead atoms. The van der Waals surface area contributed by atoms with Crippen molar-refractivity contribution in [1.29, 1.82) is 0 Å². The number of likely N-dealkylation sites (tertiary alicyclic amines) is 1. The highest BCUT2D eigenvalue weighted by molar-refractivity contribution is 6.01. The zero-order chi connectivity index (χ0) is 21.9. The Hall–Kier alpha value is -3.43. The maximum Gasteiger partial charge on any atom is 0.298 e. The van der Waals surface area contributed by atoms with E-state index in [1.54, 1.807) is 6.07 Å². The zero-order valence-corrected chi connectivity index (χ0v) is 18.2. The first-order valence-corrected chi connectivity index (χ1v) is 11.2. The van der Waals surface area contributed by atoms with Gasteiger partial charge >= 0.3 is 0 Å². The summed E-state index contributed by atoms with van der Waals surface area (Å²) >= 11 is 0. The van der Waals surface area contributed by atoms with Gasteiger partial charge in [-0.15, -0.1) is 10.2 Å². The van der Waals surface area contributed by atoms with Crippen LogP contribution in [0.2, 0.25) is 0 Å². The van der Waals surface area contributed by atoms with Crippen LogP contribution in [-0.2, 0) is 4.79 Å². The van der Waals surface area contributed by atoms with Crippen LogP contribution >= 0.6 is 0 Å². The van der Waals surface area contributed by atoms with Crippen molar-refractivity contribution in [3.05, 3.63) is 48.0 Å². The van der Waals surface area contributed by atoms with E-state index in [9.17, 15) is 4.79 Å². The van der Waals surface area contributed by atoms with Crippen molar-refractivity contribution in [1.82, 2.24) is 15.1 Å². The van der Waals surface area contributed by atoms with Crippen LogP contribution in [0, 0.1) is 17.8 Å². The van der Waals surface area contributed by atoms with Gasteiger partial charge in [-0.1, -0.05) is 36.1 Å². The number of fused-ring (bicyclic) bond motifs is 1. The fourth-order valence-corrected chi connectivity index (χ4v) is 4.25. The van der Waals surface area contributed by atoms with Gasteiger partial charge in [0.15, 0.2) is 5.82 Å². The number of piperidine rings is 1. The summed E-state index contributed by atoms with van der Waals surface area (Å²) < 4.78 is 5.33. The predicted molar refractivity (Wildman–Crippen MR) is 125 cm³/mol. The van der Waals surface area contributed by atoms with Crippen molar-refractivity contribution in [2.75, 3.05) is 25.5 Å². The fraction of sp³-hybridized carbons (Fsp3) is 0.346. The van der Waals surface area contributed by atoms with E-state index >= 15 is 0 Å². The molecule has 2 aliphatic rings. The summed E-state index contributed by atoms with van der Waals surface area (Å²) in [7, 11) is 2.15. The van der Waals surface area contributed by atoms with Gasteiger partial charge in [-0.2, -0.15) is 0 Å². The first-order chi connectivity index (χ1) is 15.7. The monoisotopic (exact) mass is 426 g/mol. The Bertz CT molecular complexity index is 1210. The minimum Gasteiger partial charge on any atom is -0.428 e. The lowest BCUT2D eigenvalue weighted by Gasteiger charge is -2.30. The molecule has 5 rings (SSSR count). The highest BCUT2D eigenvalue weighted by Crippen LogP contribution is 2.36. The van der Waals surface area contributed by atoms with Crippen molar-refractivity contribution in [3.8, 4) is 28.8 Å². The van der Waals surface area contributed by atoms with Crippen LogP contribution in [0.15, 0.2) is 42.5 Å². The molecule has 1 aliphatic carbocycles. The molecule has 0 amide bonds. The van der Waals surface area contributed by atoms with Crippen LogP contribution in [0.5, 0.6) is 5.75 Å². The highest BCUT2D eigenvalue weighted by Gasteiger charge is 2.21. The van der Waals surface area contributed by atoms with Gasteiger partial charge in [-0.25, -0.2) is 0 Å². The molecule has 1 saturated carbocycles. The summed E-state index contributed by atoms with van der Waals surface area (Å²) in [4.78, 5) is 13.5. The maximum atomic E-state index is 11.2. The van der Waals surface area contributed by atoms with E-state index in [1.165, 1.54) is 19.3 Å². The molecule has 1 atom stereocenters. The van der Waals surface area contributed by atoms with Crippen molar-refractivity contribution in [2.45, 2.75) is 31.7 Å². The number of carbonyl (C=O) groups is 1. The number of likely N-dealkylation sites (N-methyl/N-ethyl adjacent to an activating group) is 1. The van der Waals surface area contributed by atoms with Gasteiger partial charge in [0, 0.05) is 40.4 Å². The minimum absolute atomic E-state index is 0.343. The van der Waals surface area contributed by atoms with E-state index in [4.69, 9.17) is 4.74 Å². The summed E-state index contributed by atoms with van der Waals surface area (Å²) in [5, 5.41) is 14.7. The van der Waals surface area contributed by atoms with Crippen molar-refractivity contribution >= 4 is 23.1 Å². The summed E-state index contributed by atoms with van der Waals surface area (Å²) in [6, 6.07) is 14.1. The second kappa shape index (κ2) is 8.97. The van der Waals surface area contributed by atoms with E-state index in [0.717, 1.165) is 47.2 Å². The van der Waals surface area contributed by atoms with E-state index in [1.807, 2.05) is 30.3 Å². The van der Waals surface area contributed by atoms with E-state index in [0.29, 0.717) is 29.9 Å². The van der Waals surface area contributed by atoms with Gasteiger partial charge in [-0.3, -0.25) is 4.79 Å². The maximum absolute atomic E-state index is 11.2. The molecule has 0 spiro atoms. The summed E-state index contributed by atoms with van der Waals surface area (Å²) in [5.41, 5.74) is 2.24. The number of rotatable bonds is 5. The van der Waals surface area contributed by atoms with Gasteiger partial charge in [0.25, 0.3) is 6.47 Å². The highest BCUT2D eigenvalue weighted by atomic mass is 16.5. The van der Waals surface area contributed by atoms with Crippen LogP contribution in [0.4, 0.5) is 5.82 Å². The standard InChI is InChI=1S/C26H26N4O2/c1-30-14-4-5-20(16-30)27-26-22-7-3-2-6-21(22)25(28-29-26)23-13-12-19(11-10-18-8-9-18)15-24(23)32-17-31/h2-3,6-7,12-13,15,17-18,20H,4-5,8-9,14,16H2,1H3,(H,27,29)/t20-/m1/s1. The number of benzene rings is 2. The van der Waals surface area contributed by atoms with E-state index in [2.05, 4.69) is 45.4 Å². The Morgan fingerprint density at radius 2 is 1.97 bits per heavy atom. The van der Waals surface area contributed by atoms with Crippen LogP contribution in [0.3, 0.4) is 0 Å². The van der Waals surface area contributed by atoms with Crippen LogP contribution < -0.4 is 10.1 Å². The second-order valence-corrected chi connectivity index (χ2v) is 8.66. The Morgan fingerprint density at radius 1 is 1.12 bits per heavy atom. The molecule has 6 heteroatoms. The lowest BCUT2D eigenvalue weighted by atomic mass is 10.0. The van der Waals surface area contributed by atoms with Crippen LogP contribution in [0.25, 0.3) is 22.0 Å². The van der Waals surface area contributed by atoms with Gasteiger partial charge in [0.05, 0.1) is 0 Å². The van der Waals surface area contributed by atoms with Crippen LogP contribution in [0.1, 0.15) is 31.2 Å². The molecular formula is C26H26N4O2. The lowest BCUT2D eigenvalue weighted by Crippen LogP contribution is -2.40. The average Bonchev–Trinajstić information content (AvgIpc) is 3.63. The third kappa shape index (κ3) is 4.44. The number of nitrogens with one attached hydrogen (secondary N) is 1. The number of carbonyl (C=O) groups excluding carboxylic acids is 1. The summed E-state index contributed by atoms with van der Waals surface area (Å²) in [6.45, 7) is 2.56. The molecule has 32 heavy (non-hydrogen) atoms. The Labute approximate surface area is 188 Å². The smallest absolute Gasteiger partial charge is 0.298 e. The Kier molecular flexibility index (Phi) is 5.74. The molecule has 1 N–H and O–H groups in total. The van der Waals surface area contributed by atoms with Crippen molar-refractivity contribution in [3.63, 3.8) is 0 Å². The lowest BCUT2D eigenvalue weighted by molar-refractivity contribution is -0.120. The topological polar surface area (TPSA) is 67.3 Å². The van der Waals surface area contributed by atoms with Gasteiger partial charge in [0.1, 0.15) is 11.4 Å². The molecular weight excluding hydrogens is 400 g/mol. The second-order valence-electron chi connectivity index (χ2n) is 8.66. The zero-order valence-electron chi connectivity index (χ0n) is 18.2. The van der Waals surface area contributed by atoms with Crippen molar-refractivity contribution in [2.24, 2.45) is 5.92 Å². The average molecular weight is 427 g/mol. The third-order valence-corrected chi connectivity index (χ3v) is 6.06. The minimum atomic E-state index is 0.343. The molecule has 2 heterocycles. The third-order valence-electron chi connectivity index (χ3n) is 6.06. The van der Waals surface area contributed by atoms with Gasteiger partial charge in [0.2, 0.25) is 0 Å². The number of hydrogen-bond donors (Lipinski definition) is 1. The molecule has 2 aromatic carbocycles. The summed E-state index contributed by atoms with van der Waals surface area (Å²) in [6.07, 6.45) is 4.62. The normalized spacial score (nSPS) is 18.6. The Morgan fingerprint density at radius 3 is 2.75 bits per heavy atom. The van der Waals surface area contributed by atoms with Gasteiger partial charge in [-0.05, 0) is 57.5 Å². The van der Waals surface area contributed by atoms with E-state index in [-0.39, 0.29) is 0 Å². The molecule has 3 aromatic rings. The fourth-order valence-electron chi connectivity index (χ4n) is 4.25. The molecule has 0 radical (unpaired) electrons. The quantitative estimate of drug-likeness (QED) is 0.489.